The molecule has 138 valence electrons. The molecule has 0 bridgehead atoms. The Hall–Kier alpha value is -2.41. The maximum Gasteiger partial charge on any atom is 0.490 e. The van der Waals surface area contributed by atoms with E-state index in [1.54, 1.807) is 6.07 Å². The molecule has 0 unspecified atom stereocenters. The van der Waals surface area contributed by atoms with Gasteiger partial charge in [0.2, 0.25) is 0 Å². The van der Waals surface area contributed by atoms with Crippen LogP contribution in [0.4, 0.5) is 27.6 Å². The van der Waals surface area contributed by atoms with Gasteiger partial charge in [0.05, 0.1) is 11.6 Å². The minimum absolute atomic E-state index is 0.00802. The minimum atomic E-state index is -5.08. The van der Waals surface area contributed by atoms with Crippen molar-refractivity contribution in [3.8, 4) is 6.07 Å². The van der Waals surface area contributed by atoms with Crippen molar-refractivity contribution in [3.05, 3.63) is 29.3 Å². The van der Waals surface area contributed by atoms with Crippen LogP contribution in [0.25, 0.3) is 0 Å². The molecule has 1 heterocycles. The molecule has 0 radical (unpaired) electrons. The lowest BCUT2D eigenvalue weighted by Crippen LogP contribution is -2.39. The number of anilines is 1. The van der Waals surface area contributed by atoms with Gasteiger partial charge in [0.1, 0.15) is 5.69 Å². The van der Waals surface area contributed by atoms with Crippen LogP contribution in [0.2, 0.25) is 0 Å². The van der Waals surface area contributed by atoms with Crippen molar-refractivity contribution in [2.24, 2.45) is 0 Å². The third kappa shape index (κ3) is 6.93. The highest BCUT2D eigenvalue weighted by Gasteiger charge is 2.38. The molecule has 1 atom stereocenters. The van der Waals surface area contributed by atoms with Gasteiger partial charge in [-0.1, -0.05) is 6.42 Å². The van der Waals surface area contributed by atoms with Gasteiger partial charge in [-0.05, 0) is 31.5 Å². The smallest absolute Gasteiger partial charge is 0.475 e. The van der Waals surface area contributed by atoms with Gasteiger partial charge in [-0.15, -0.1) is 0 Å². The van der Waals surface area contributed by atoms with Gasteiger partial charge < -0.3 is 15.7 Å². The van der Waals surface area contributed by atoms with Crippen LogP contribution in [0.15, 0.2) is 12.1 Å². The molecule has 0 aliphatic carbocycles. The monoisotopic (exact) mass is 365 g/mol. The second-order valence-electron chi connectivity index (χ2n) is 5.26. The fourth-order valence-electron chi connectivity index (χ4n) is 2.13. The number of carbonyl (C=O) groups is 1. The number of nitrogens with zero attached hydrogens (tertiary/aromatic N) is 1. The first-order chi connectivity index (χ1) is 11.6. The minimum Gasteiger partial charge on any atom is -0.475 e. The van der Waals surface area contributed by atoms with Crippen molar-refractivity contribution >= 4 is 11.7 Å². The molecule has 1 fully saturated rings. The zero-order chi connectivity index (χ0) is 19.0. The molecule has 1 aliphatic rings. The Balaban J connectivity index is 0.000000381. The summed E-state index contributed by atoms with van der Waals surface area (Å²) in [6, 6.07) is 4.05. The molecule has 1 saturated heterocycles. The van der Waals surface area contributed by atoms with E-state index in [2.05, 4.69) is 10.6 Å². The molecule has 0 amide bonds. The lowest BCUT2D eigenvalue weighted by atomic mass is 10.0. The van der Waals surface area contributed by atoms with E-state index in [0.29, 0.717) is 6.54 Å². The molecule has 1 aromatic carbocycles. The standard InChI is InChI=1S/C13H15F2N3.C2HF3O2/c14-11-5-9(7-16)6-12(15)13(11)18-8-10-3-1-2-4-17-10;3-2(4,5)1(6)7/h5-6,10,17-18H,1-4,8H2;(H,6,7)/t10-;/m0./s1. The first-order valence-electron chi connectivity index (χ1n) is 7.31. The summed E-state index contributed by atoms with van der Waals surface area (Å²) in [4.78, 5) is 8.90. The van der Waals surface area contributed by atoms with Crippen LogP contribution in [-0.2, 0) is 4.79 Å². The second-order valence-corrected chi connectivity index (χ2v) is 5.26. The number of nitrogens with one attached hydrogen (secondary N) is 2. The topological polar surface area (TPSA) is 85.2 Å². The van der Waals surface area contributed by atoms with Crippen molar-refractivity contribution in [2.75, 3.05) is 18.4 Å². The van der Waals surface area contributed by atoms with Crippen LogP contribution < -0.4 is 10.6 Å². The van der Waals surface area contributed by atoms with E-state index < -0.39 is 23.8 Å². The largest absolute Gasteiger partial charge is 0.490 e. The fourth-order valence-corrected chi connectivity index (χ4v) is 2.13. The van der Waals surface area contributed by atoms with E-state index in [1.165, 1.54) is 0 Å². The SMILES string of the molecule is N#Cc1cc(F)c(NC[C@@H]2CCCCN2)c(F)c1.O=C(O)C(F)(F)F. The number of nitriles is 1. The molecule has 0 saturated carbocycles. The average molecular weight is 365 g/mol. The third-order valence-electron chi connectivity index (χ3n) is 3.35. The summed E-state index contributed by atoms with van der Waals surface area (Å²) < 4.78 is 58.9. The number of hydrogen-bond acceptors (Lipinski definition) is 4. The van der Waals surface area contributed by atoms with E-state index >= 15 is 0 Å². The number of carboxylic acids is 1. The van der Waals surface area contributed by atoms with E-state index in [-0.39, 0.29) is 17.3 Å². The molecular weight excluding hydrogens is 349 g/mol. The van der Waals surface area contributed by atoms with Gasteiger partial charge in [-0.25, -0.2) is 13.6 Å². The number of carboxylic acid groups (broad SMARTS) is 1. The van der Waals surface area contributed by atoms with Gasteiger partial charge in [0, 0.05) is 12.6 Å². The van der Waals surface area contributed by atoms with E-state index in [4.69, 9.17) is 15.2 Å². The Kier molecular flexibility index (Phi) is 7.57. The average Bonchev–Trinajstić information content (AvgIpc) is 2.54. The number of halogens is 5. The van der Waals surface area contributed by atoms with E-state index in [9.17, 15) is 22.0 Å². The van der Waals surface area contributed by atoms with Gasteiger partial charge in [-0.2, -0.15) is 18.4 Å². The quantitative estimate of drug-likeness (QED) is 0.717. The Labute approximate surface area is 140 Å². The summed E-state index contributed by atoms with van der Waals surface area (Å²) in [6.07, 6.45) is -1.79. The molecule has 3 N–H and O–H groups in total. The highest BCUT2D eigenvalue weighted by Crippen LogP contribution is 2.21. The first kappa shape index (κ1) is 20.6. The van der Waals surface area contributed by atoms with E-state index in [1.807, 2.05) is 0 Å². The first-order valence-corrected chi connectivity index (χ1v) is 7.31. The second kappa shape index (κ2) is 9.17. The van der Waals surface area contributed by atoms with Crippen LogP contribution in [0.5, 0.6) is 0 Å². The summed E-state index contributed by atoms with van der Waals surface area (Å²) in [6.45, 7) is 1.43. The number of rotatable bonds is 3. The summed E-state index contributed by atoms with van der Waals surface area (Å²) in [5.74, 6) is -4.20. The van der Waals surface area contributed by atoms with Crippen LogP contribution >= 0.6 is 0 Å². The van der Waals surface area contributed by atoms with Crippen LogP contribution in [0.3, 0.4) is 0 Å². The Morgan fingerprint density at radius 2 is 1.88 bits per heavy atom. The predicted molar refractivity (Wildman–Crippen MR) is 78.9 cm³/mol. The fraction of sp³-hybridized carbons (Fsp3) is 0.467. The third-order valence-corrected chi connectivity index (χ3v) is 3.35. The van der Waals surface area contributed by atoms with Crippen molar-refractivity contribution in [1.29, 1.82) is 5.26 Å². The summed E-state index contributed by atoms with van der Waals surface area (Å²) in [7, 11) is 0. The maximum absolute atomic E-state index is 13.6. The van der Waals surface area contributed by atoms with Crippen LogP contribution in [0.1, 0.15) is 24.8 Å². The Bertz CT molecular complexity index is 614. The molecule has 25 heavy (non-hydrogen) atoms. The van der Waals surface area contributed by atoms with Crippen molar-refractivity contribution in [1.82, 2.24) is 5.32 Å². The van der Waals surface area contributed by atoms with Crippen molar-refractivity contribution in [3.63, 3.8) is 0 Å². The highest BCUT2D eigenvalue weighted by atomic mass is 19.4. The summed E-state index contributed by atoms with van der Waals surface area (Å²) in [5, 5.41) is 21.8. The van der Waals surface area contributed by atoms with Crippen molar-refractivity contribution in [2.45, 2.75) is 31.5 Å². The number of hydrogen-bond donors (Lipinski definition) is 3. The summed E-state index contributed by atoms with van der Waals surface area (Å²) in [5.41, 5.74) is -0.160. The normalized spacial score (nSPS) is 17.0. The van der Waals surface area contributed by atoms with Gasteiger partial charge >= 0.3 is 12.1 Å². The van der Waals surface area contributed by atoms with Gasteiger partial charge in [0.15, 0.2) is 11.6 Å². The Morgan fingerprint density at radius 3 is 2.28 bits per heavy atom. The molecule has 2 rings (SSSR count). The lowest BCUT2D eigenvalue weighted by Gasteiger charge is -2.24. The molecule has 1 aromatic rings. The Morgan fingerprint density at radius 1 is 1.32 bits per heavy atom. The lowest BCUT2D eigenvalue weighted by molar-refractivity contribution is -0.192. The number of aliphatic carboxylic acids is 1. The van der Waals surface area contributed by atoms with Gasteiger partial charge in [-0.3, -0.25) is 0 Å². The van der Waals surface area contributed by atoms with Crippen molar-refractivity contribution < 1.29 is 31.9 Å². The van der Waals surface area contributed by atoms with E-state index in [0.717, 1.165) is 37.9 Å². The summed E-state index contributed by atoms with van der Waals surface area (Å²) >= 11 is 0. The zero-order valence-electron chi connectivity index (χ0n) is 13.0. The molecule has 10 heteroatoms. The number of benzene rings is 1. The zero-order valence-corrected chi connectivity index (χ0v) is 13.0. The number of alkyl halides is 3. The molecular formula is C15H16F5N3O2. The molecule has 1 aliphatic heterocycles. The van der Waals surface area contributed by atoms with Crippen LogP contribution in [0, 0.1) is 23.0 Å². The number of piperidine rings is 1. The molecule has 0 spiro atoms. The molecule has 0 aromatic heterocycles. The maximum atomic E-state index is 13.6. The van der Waals surface area contributed by atoms with Crippen LogP contribution in [-0.4, -0.2) is 36.4 Å². The molecule has 5 nitrogen and oxygen atoms in total. The highest BCUT2D eigenvalue weighted by molar-refractivity contribution is 5.73. The van der Waals surface area contributed by atoms with Gasteiger partial charge in [0.25, 0.3) is 0 Å². The predicted octanol–water partition coefficient (Wildman–Crippen LogP) is 3.02.